The summed E-state index contributed by atoms with van der Waals surface area (Å²) in [5.41, 5.74) is 0.810. The molecule has 2 aromatic rings. The molecule has 0 amide bonds. The number of carboxylic acid groups (broad SMARTS) is 1. The topological polar surface area (TPSA) is 80.7 Å². The maximum Gasteiger partial charge on any atom is 0.339 e. The zero-order chi connectivity index (χ0) is 14.7. The van der Waals surface area contributed by atoms with Crippen molar-refractivity contribution >= 4 is 17.5 Å². The van der Waals surface area contributed by atoms with Crippen LogP contribution in [-0.2, 0) is 0 Å². The fourth-order valence-corrected chi connectivity index (χ4v) is 2.06. The number of fused-ring (bicyclic) bond motifs is 1. The highest BCUT2D eigenvalue weighted by atomic mass is 16.5. The molecule has 1 aliphatic heterocycles. The highest BCUT2D eigenvalue weighted by Crippen LogP contribution is 2.33. The fourth-order valence-electron chi connectivity index (χ4n) is 2.06. The Bertz CT molecular complexity index is 672. The molecule has 0 spiro atoms. The molecule has 2 heterocycles. The lowest BCUT2D eigenvalue weighted by molar-refractivity contribution is 0.0697. The van der Waals surface area contributed by atoms with Gasteiger partial charge in [0.1, 0.15) is 11.4 Å². The van der Waals surface area contributed by atoms with Crippen LogP contribution in [0.3, 0.4) is 0 Å². The molecule has 1 aromatic carbocycles. The van der Waals surface area contributed by atoms with Crippen LogP contribution in [0, 0.1) is 0 Å². The number of carbonyl (C=O) groups is 1. The van der Waals surface area contributed by atoms with Gasteiger partial charge in [-0.05, 0) is 24.3 Å². The molecular formula is C15H14N2O4. The summed E-state index contributed by atoms with van der Waals surface area (Å²) in [6, 6.07) is 8.46. The summed E-state index contributed by atoms with van der Waals surface area (Å²) >= 11 is 0. The molecule has 3 rings (SSSR count). The molecule has 0 aliphatic carbocycles. The molecule has 1 aliphatic rings. The van der Waals surface area contributed by atoms with Crippen LogP contribution in [0.2, 0.25) is 0 Å². The molecule has 0 saturated heterocycles. The monoisotopic (exact) mass is 286 g/mol. The van der Waals surface area contributed by atoms with Crippen molar-refractivity contribution in [2.24, 2.45) is 0 Å². The second-order valence-electron chi connectivity index (χ2n) is 4.54. The summed E-state index contributed by atoms with van der Waals surface area (Å²) in [7, 11) is 0. The Balaban J connectivity index is 1.89. The van der Waals surface area contributed by atoms with Crippen LogP contribution in [0.25, 0.3) is 0 Å². The summed E-state index contributed by atoms with van der Waals surface area (Å²) in [6.07, 6.45) is 2.37. The average molecular weight is 286 g/mol. The predicted molar refractivity (Wildman–Crippen MR) is 76.5 cm³/mol. The number of nitrogens with zero attached hydrogens (tertiary/aromatic N) is 1. The Hall–Kier alpha value is -2.76. The molecule has 6 nitrogen and oxygen atoms in total. The van der Waals surface area contributed by atoms with Crippen LogP contribution in [0.5, 0.6) is 11.5 Å². The number of rotatable bonds is 3. The van der Waals surface area contributed by atoms with E-state index in [1.54, 1.807) is 24.3 Å². The van der Waals surface area contributed by atoms with Crippen molar-refractivity contribution < 1.29 is 19.4 Å². The van der Waals surface area contributed by atoms with Crippen molar-refractivity contribution in [1.82, 2.24) is 4.98 Å². The number of hydrogen-bond acceptors (Lipinski definition) is 5. The largest absolute Gasteiger partial charge is 0.490 e. The lowest BCUT2D eigenvalue weighted by Gasteiger charge is -2.11. The van der Waals surface area contributed by atoms with Gasteiger partial charge in [-0.25, -0.2) is 9.78 Å². The van der Waals surface area contributed by atoms with Crippen LogP contribution in [-0.4, -0.2) is 29.3 Å². The summed E-state index contributed by atoms with van der Waals surface area (Å²) in [4.78, 5) is 15.2. The van der Waals surface area contributed by atoms with E-state index in [0.29, 0.717) is 36.2 Å². The number of hydrogen-bond donors (Lipinski definition) is 2. The van der Waals surface area contributed by atoms with Gasteiger partial charge in [0.25, 0.3) is 0 Å². The van der Waals surface area contributed by atoms with E-state index in [0.717, 1.165) is 6.42 Å². The molecule has 0 saturated carbocycles. The lowest BCUT2D eigenvalue weighted by atomic mass is 10.2. The summed E-state index contributed by atoms with van der Waals surface area (Å²) in [5, 5.41) is 12.1. The number of benzene rings is 1. The van der Waals surface area contributed by atoms with Crippen LogP contribution in [0.4, 0.5) is 11.5 Å². The van der Waals surface area contributed by atoms with Crippen molar-refractivity contribution in [3.05, 3.63) is 42.1 Å². The first kappa shape index (κ1) is 13.2. The number of ether oxygens (including phenoxy) is 2. The molecular weight excluding hydrogens is 272 g/mol. The van der Waals surface area contributed by atoms with E-state index in [4.69, 9.17) is 14.6 Å². The minimum atomic E-state index is -1.03. The van der Waals surface area contributed by atoms with E-state index in [-0.39, 0.29) is 5.56 Å². The van der Waals surface area contributed by atoms with Crippen molar-refractivity contribution in [3.63, 3.8) is 0 Å². The van der Waals surface area contributed by atoms with Crippen molar-refractivity contribution in [1.29, 1.82) is 0 Å². The van der Waals surface area contributed by atoms with E-state index in [1.165, 1.54) is 12.3 Å². The van der Waals surface area contributed by atoms with E-state index < -0.39 is 5.97 Å². The molecule has 1 aromatic heterocycles. The van der Waals surface area contributed by atoms with Crippen LogP contribution < -0.4 is 14.8 Å². The second-order valence-corrected chi connectivity index (χ2v) is 4.54. The van der Waals surface area contributed by atoms with Gasteiger partial charge in [0.05, 0.1) is 13.2 Å². The zero-order valence-electron chi connectivity index (χ0n) is 11.2. The van der Waals surface area contributed by atoms with Crippen molar-refractivity contribution in [2.75, 3.05) is 18.5 Å². The lowest BCUT2D eigenvalue weighted by Crippen LogP contribution is -2.04. The van der Waals surface area contributed by atoms with Gasteiger partial charge in [0.15, 0.2) is 11.5 Å². The predicted octanol–water partition coefficient (Wildman–Crippen LogP) is 2.68. The third-order valence-electron chi connectivity index (χ3n) is 3.05. The summed E-state index contributed by atoms with van der Waals surface area (Å²) in [6.45, 7) is 1.23. The number of nitrogens with one attached hydrogen (secondary N) is 1. The van der Waals surface area contributed by atoms with Gasteiger partial charge < -0.3 is 19.9 Å². The van der Waals surface area contributed by atoms with Crippen molar-refractivity contribution in [3.8, 4) is 11.5 Å². The van der Waals surface area contributed by atoms with Gasteiger partial charge in [0, 0.05) is 24.4 Å². The van der Waals surface area contributed by atoms with Gasteiger partial charge in [-0.1, -0.05) is 0 Å². The normalized spacial score (nSPS) is 13.3. The molecule has 21 heavy (non-hydrogen) atoms. The smallest absolute Gasteiger partial charge is 0.339 e. The van der Waals surface area contributed by atoms with Gasteiger partial charge in [-0.15, -0.1) is 0 Å². The Morgan fingerprint density at radius 2 is 2.00 bits per heavy atom. The first-order valence-corrected chi connectivity index (χ1v) is 6.59. The van der Waals surface area contributed by atoms with Gasteiger partial charge in [0.2, 0.25) is 0 Å². The van der Waals surface area contributed by atoms with E-state index >= 15 is 0 Å². The Labute approximate surface area is 121 Å². The van der Waals surface area contributed by atoms with E-state index in [9.17, 15) is 4.79 Å². The van der Waals surface area contributed by atoms with Gasteiger partial charge >= 0.3 is 5.97 Å². The van der Waals surface area contributed by atoms with E-state index in [2.05, 4.69) is 10.3 Å². The summed E-state index contributed by atoms with van der Waals surface area (Å²) < 4.78 is 11.2. The third kappa shape index (κ3) is 2.89. The summed E-state index contributed by atoms with van der Waals surface area (Å²) in [5.74, 6) is 0.599. The fraction of sp³-hybridized carbons (Fsp3) is 0.200. The maximum atomic E-state index is 11.2. The molecule has 0 radical (unpaired) electrons. The minimum Gasteiger partial charge on any atom is -0.490 e. The molecule has 108 valence electrons. The number of pyridine rings is 1. The Kier molecular flexibility index (Phi) is 3.59. The quantitative estimate of drug-likeness (QED) is 0.903. The standard InChI is InChI=1S/C15H14N2O4/c18-15(19)11-3-1-6-16-14(11)17-10-4-5-12-13(9-10)21-8-2-7-20-12/h1,3-6,9H,2,7-8H2,(H,16,17)(H,18,19). The maximum absolute atomic E-state index is 11.2. The molecule has 0 bridgehead atoms. The zero-order valence-corrected chi connectivity index (χ0v) is 11.2. The first-order chi connectivity index (χ1) is 10.2. The number of anilines is 2. The SMILES string of the molecule is O=C(O)c1cccnc1Nc1ccc2c(c1)OCCCO2. The molecule has 0 unspecified atom stereocenters. The van der Waals surface area contributed by atoms with Crippen LogP contribution in [0.15, 0.2) is 36.5 Å². The molecule has 0 atom stereocenters. The van der Waals surface area contributed by atoms with Crippen LogP contribution >= 0.6 is 0 Å². The minimum absolute atomic E-state index is 0.115. The third-order valence-corrected chi connectivity index (χ3v) is 3.05. The van der Waals surface area contributed by atoms with E-state index in [1.807, 2.05) is 0 Å². The Morgan fingerprint density at radius 3 is 2.81 bits per heavy atom. The van der Waals surface area contributed by atoms with Gasteiger partial charge in [-0.2, -0.15) is 0 Å². The molecule has 2 N–H and O–H groups in total. The van der Waals surface area contributed by atoms with Crippen LogP contribution in [0.1, 0.15) is 16.8 Å². The number of aromatic carboxylic acids is 1. The second kappa shape index (κ2) is 5.70. The average Bonchev–Trinajstić information content (AvgIpc) is 2.72. The molecule has 6 heteroatoms. The number of aromatic nitrogens is 1. The highest BCUT2D eigenvalue weighted by Gasteiger charge is 2.13. The van der Waals surface area contributed by atoms with Gasteiger partial charge in [-0.3, -0.25) is 0 Å². The first-order valence-electron chi connectivity index (χ1n) is 6.59. The Morgan fingerprint density at radius 1 is 1.19 bits per heavy atom. The van der Waals surface area contributed by atoms with Crippen molar-refractivity contribution in [2.45, 2.75) is 6.42 Å². The number of carboxylic acids is 1. The molecule has 0 fully saturated rings. The highest BCUT2D eigenvalue weighted by molar-refractivity contribution is 5.93.